The Kier molecular flexibility index (Phi) is 455. The van der Waals surface area contributed by atoms with Gasteiger partial charge in [-0.3, -0.25) is 0 Å². The monoisotopic (exact) mass is 376 g/mol. The Morgan fingerprint density at radius 3 is 0.500 bits per heavy atom. The van der Waals surface area contributed by atoms with Gasteiger partial charge in [0.15, 0.2) is 0 Å². The van der Waals surface area contributed by atoms with E-state index in [-0.39, 0.29) is 103 Å². The van der Waals surface area contributed by atoms with Crippen LogP contribution in [0.2, 0.25) is 0 Å². The third kappa shape index (κ3) is 27.8. The summed E-state index contributed by atoms with van der Waals surface area (Å²) in [5.41, 5.74) is 0. The fraction of sp³-hybridized carbons (Fsp3) is 0. The molecule has 0 saturated carbocycles. The molecule has 0 atom stereocenters. The molecule has 0 unspecified atom stereocenters. The number of rotatable bonds is 0. The molecule has 0 fully saturated rings. The molecule has 0 aliphatic heterocycles. The van der Waals surface area contributed by atoms with E-state index in [9.17, 15) is 0 Å². The maximum Gasteiger partial charge on any atom is 0 e. The van der Waals surface area contributed by atoms with Crippen LogP contribution < -0.4 is 0 Å². The first-order valence-electron chi connectivity index (χ1n) is 0. The van der Waals surface area contributed by atoms with Gasteiger partial charge in [0.2, 0.25) is 0 Å². The van der Waals surface area contributed by atoms with Gasteiger partial charge in [0.1, 0.15) is 0 Å². The molecule has 0 nitrogen and oxygen atoms in total. The van der Waals surface area contributed by atoms with Gasteiger partial charge in [-0.2, -0.15) is 27.0 Å². The Labute approximate surface area is 101 Å². The number of hydrogen-bond donors (Lipinski definition) is 0. The zero-order valence-corrected chi connectivity index (χ0v) is 11.7. The van der Waals surface area contributed by atoms with Crippen LogP contribution in [0, 0.1) is 0 Å². The van der Waals surface area contributed by atoms with Gasteiger partial charge in [0.25, 0.3) is 0 Å². The third-order valence-electron chi connectivity index (χ3n) is 0. The molecule has 0 N–H and O–H groups in total. The molecule has 0 heterocycles. The average Bonchev–Trinajstić information content (AvgIpc) is 0. The van der Waals surface area contributed by atoms with Crippen LogP contribution in [-0.2, 0) is 27.0 Å². The molecule has 0 spiro atoms. The molecule has 0 rings (SSSR count). The van der Waals surface area contributed by atoms with E-state index in [4.69, 9.17) is 0 Å². The Morgan fingerprint density at radius 1 is 0.500 bits per heavy atom. The average molecular weight is 378 g/mol. The number of thiol groups is 2. The van der Waals surface area contributed by atoms with Crippen molar-refractivity contribution < 1.29 is 0 Å². The van der Waals surface area contributed by atoms with Crippen LogP contribution in [0.3, 0.4) is 0 Å². The molecule has 0 aromatic rings. The minimum absolute atomic E-state index is 0. The first-order valence-corrected chi connectivity index (χ1v) is 0. The maximum absolute atomic E-state index is 0. The molecule has 0 aliphatic carbocycles. The van der Waals surface area contributed by atoms with Gasteiger partial charge in [0, 0.05) is 48.9 Å². The van der Waals surface area contributed by atoms with Crippen molar-refractivity contribution in [1.82, 2.24) is 0 Å². The van der Waals surface area contributed by atoms with E-state index in [1.807, 2.05) is 0 Å². The third-order valence-corrected chi connectivity index (χ3v) is 0. The van der Waals surface area contributed by atoms with Crippen LogP contribution in [0.15, 0.2) is 0 Å². The van der Waals surface area contributed by atoms with Gasteiger partial charge in [-0.15, -0.1) is 0 Å². The van der Waals surface area contributed by atoms with Crippen molar-refractivity contribution in [3.63, 3.8) is 0 Å². The standard InChI is InChI=1S/4H2S.2Sb/h4*1H2;;/p-2. The fourth-order valence-corrected chi connectivity index (χ4v) is 0. The SMILES string of the molecule is S.S.[SH-].[SH-].[Sb].[Sb]. The smallest absolute Gasteiger partial charge is 0 e. The molecule has 0 bridgehead atoms. The minimum atomic E-state index is 0. The molecule has 0 aromatic heterocycles. The Balaban J connectivity index is 0. The van der Waals surface area contributed by atoms with Crippen molar-refractivity contribution in [2.24, 2.45) is 0 Å². The summed E-state index contributed by atoms with van der Waals surface area (Å²) in [6.07, 6.45) is 0. The van der Waals surface area contributed by atoms with E-state index in [0.717, 1.165) is 0 Å². The zero-order valence-electron chi connectivity index (χ0n) is 2.79. The van der Waals surface area contributed by atoms with Crippen molar-refractivity contribution in [1.29, 1.82) is 0 Å². The van der Waals surface area contributed by atoms with Gasteiger partial charge in [0.05, 0.1) is 0 Å². The Morgan fingerprint density at radius 2 is 0.500 bits per heavy atom. The summed E-state index contributed by atoms with van der Waals surface area (Å²) in [7, 11) is 0. The Hall–Kier alpha value is 3.04. The second-order valence-corrected chi connectivity index (χ2v) is 0. The van der Waals surface area contributed by atoms with Gasteiger partial charge >= 0.3 is 0 Å². The summed E-state index contributed by atoms with van der Waals surface area (Å²) >= 11 is 0. The molecule has 42 valence electrons. The predicted molar refractivity (Wildman–Crippen MR) is 49.8 cm³/mol. The van der Waals surface area contributed by atoms with Crippen LogP contribution in [-0.4, -0.2) is 48.9 Å². The van der Waals surface area contributed by atoms with Crippen molar-refractivity contribution >= 4 is 103 Å². The summed E-state index contributed by atoms with van der Waals surface area (Å²) in [6.45, 7) is 0. The second kappa shape index (κ2) is 43.2. The summed E-state index contributed by atoms with van der Waals surface area (Å²) < 4.78 is 0. The predicted octanol–water partition coefficient (Wildman–Crippen LogP) is -1.08. The van der Waals surface area contributed by atoms with E-state index in [2.05, 4.69) is 0 Å². The van der Waals surface area contributed by atoms with Crippen LogP contribution in [0.5, 0.6) is 0 Å². The molecular weight excluding hydrogens is 372 g/mol. The summed E-state index contributed by atoms with van der Waals surface area (Å²) in [5.74, 6) is 0. The first-order chi connectivity index (χ1) is 0. The largest absolute Gasteiger partial charge is 0.813 e. The molecule has 0 aromatic carbocycles. The van der Waals surface area contributed by atoms with Gasteiger partial charge in [-0.1, -0.05) is 0 Å². The topological polar surface area (TPSA) is 0 Å². The maximum atomic E-state index is 0. The molecule has 0 aliphatic rings. The van der Waals surface area contributed by atoms with Gasteiger partial charge in [-0.25, -0.2) is 0 Å². The van der Waals surface area contributed by atoms with E-state index in [1.165, 1.54) is 0 Å². The quantitative estimate of drug-likeness (QED) is 0.299. The molecule has 0 amide bonds. The summed E-state index contributed by atoms with van der Waals surface area (Å²) in [4.78, 5) is 0. The van der Waals surface area contributed by atoms with Crippen LogP contribution in [0.1, 0.15) is 0 Å². The second-order valence-electron chi connectivity index (χ2n) is 0. The van der Waals surface area contributed by atoms with Crippen molar-refractivity contribution in [2.45, 2.75) is 0 Å². The van der Waals surface area contributed by atoms with Crippen molar-refractivity contribution in [3.05, 3.63) is 0 Å². The van der Waals surface area contributed by atoms with Crippen molar-refractivity contribution in [2.75, 3.05) is 0 Å². The van der Waals surface area contributed by atoms with Crippen LogP contribution in [0.25, 0.3) is 0 Å². The normalized spacial score (nSPS) is 0. The van der Waals surface area contributed by atoms with E-state index >= 15 is 0 Å². The molecule has 6 radical (unpaired) electrons. The van der Waals surface area contributed by atoms with Gasteiger partial charge in [-0.05, 0) is 0 Å². The first kappa shape index (κ1) is 63.3. The zero-order chi connectivity index (χ0) is 0. The molecular formula is H6S4Sb2-2. The summed E-state index contributed by atoms with van der Waals surface area (Å²) in [5, 5.41) is 0. The molecule has 6 heteroatoms. The molecule has 0 saturated heterocycles. The van der Waals surface area contributed by atoms with E-state index in [1.54, 1.807) is 0 Å². The minimum Gasteiger partial charge on any atom is -0.813 e. The van der Waals surface area contributed by atoms with Crippen molar-refractivity contribution in [3.8, 4) is 0 Å². The van der Waals surface area contributed by atoms with E-state index in [0.29, 0.717) is 0 Å². The molecule has 6 heavy (non-hydrogen) atoms. The summed E-state index contributed by atoms with van der Waals surface area (Å²) in [6, 6.07) is 0. The van der Waals surface area contributed by atoms with Gasteiger partial charge < -0.3 is 27.0 Å². The number of hydrogen-bond acceptors (Lipinski definition) is 2. The van der Waals surface area contributed by atoms with Crippen LogP contribution >= 0.6 is 27.0 Å². The Bertz CT molecular complexity index is 5.51. The van der Waals surface area contributed by atoms with E-state index < -0.39 is 0 Å². The van der Waals surface area contributed by atoms with Crippen LogP contribution in [0.4, 0.5) is 0 Å². The fourth-order valence-electron chi connectivity index (χ4n) is 0.